The summed E-state index contributed by atoms with van der Waals surface area (Å²) in [4.78, 5) is 61.8. The van der Waals surface area contributed by atoms with Gasteiger partial charge >= 0.3 is 11.9 Å². The number of oxime groups is 1. The molecule has 2 aliphatic heterocycles. The number of nitrogens with two attached hydrogens (primary N) is 1. The van der Waals surface area contributed by atoms with Crippen LogP contribution in [0.1, 0.15) is 22.9 Å². The van der Waals surface area contributed by atoms with Gasteiger partial charge in [-0.05, 0) is 54.6 Å². The topological polar surface area (TPSA) is 174 Å². The van der Waals surface area contributed by atoms with Crippen LogP contribution < -0.4 is 11.1 Å². The fraction of sp³-hybridized carbons (Fsp3) is 0.172. The normalized spacial score (nSPS) is 17.7. The van der Waals surface area contributed by atoms with Gasteiger partial charge in [-0.1, -0.05) is 65.8 Å². The van der Waals surface area contributed by atoms with E-state index in [1.54, 1.807) is 6.08 Å². The Labute approximate surface area is 281 Å². The Hall–Kier alpha value is -3.99. The summed E-state index contributed by atoms with van der Waals surface area (Å²) in [6, 6.07) is 17.3. The van der Waals surface area contributed by atoms with Crippen molar-refractivity contribution in [2.75, 3.05) is 18.1 Å². The summed E-state index contributed by atoms with van der Waals surface area (Å²) in [5.74, 6) is -3.17. The van der Waals surface area contributed by atoms with Crippen molar-refractivity contribution in [3.63, 3.8) is 0 Å². The number of esters is 1. The van der Waals surface area contributed by atoms with E-state index >= 15 is 0 Å². The molecule has 5 rings (SSSR count). The lowest BCUT2D eigenvalue weighted by Crippen LogP contribution is -2.71. The van der Waals surface area contributed by atoms with E-state index in [0.29, 0.717) is 8.96 Å². The van der Waals surface area contributed by atoms with Crippen molar-refractivity contribution in [2.45, 2.75) is 17.5 Å². The molecule has 3 heterocycles. The van der Waals surface area contributed by atoms with Crippen LogP contribution in [0, 0.1) is 0 Å². The molecule has 2 atom stereocenters. The molecule has 0 saturated carbocycles. The van der Waals surface area contributed by atoms with Gasteiger partial charge in [-0.3, -0.25) is 14.5 Å². The Morgan fingerprint density at radius 2 is 1.78 bits per heavy atom. The summed E-state index contributed by atoms with van der Waals surface area (Å²) in [6.45, 7) is -0.632. The number of carbonyl (C=O) groups is 4. The summed E-state index contributed by atoms with van der Waals surface area (Å²) in [7, 11) is 0. The molecule has 3 aromatic rings. The molecular formula is C29H23Br2N5O7S2. The Morgan fingerprint density at radius 3 is 2.33 bits per heavy atom. The van der Waals surface area contributed by atoms with Crippen molar-refractivity contribution in [1.82, 2.24) is 15.2 Å². The average molecular weight is 777 g/mol. The maximum absolute atomic E-state index is 13.4. The summed E-state index contributed by atoms with van der Waals surface area (Å²) < 4.78 is 6.24. The van der Waals surface area contributed by atoms with Gasteiger partial charge in [-0.2, -0.15) is 0 Å². The van der Waals surface area contributed by atoms with Crippen LogP contribution in [0.4, 0.5) is 5.13 Å². The number of anilines is 1. The molecule has 4 N–H and O–H groups in total. The standard InChI is InChI=1S/C29H23Br2N5O7S2/c30-19(31)11-17-13-44-27-22(26(39)36(27)23(17)28(40)41)34-25(38)21(18-14-45-29(32)33-18)35-42-12-20(37)43-24(15-7-3-1-4-8-15)16-9-5-2-6-10-16/h1-11,14,22,24,27H,12-13H2,(H2,32,33)(H,34,38)(H,40,41)/t22?,27-/m0/s1. The first kappa shape index (κ1) is 32.4. The first-order valence-electron chi connectivity index (χ1n) is 13.1. The molecule has 16 heteroatoms. The zero-order valence-corrected chi connectivity index (χ0v) is 27.8. The van der Waals surface area contributed by atoms with E-state index < -0.39 is 47.9 Å². The number of ether oxygens (including phenoxy) is 1. The van der Waals surface area contributed by atoms with Gasteiger partial charge in [0.2, 0.25) is 6.61 Å². The number of nitrogens with zero attached hydrogens (tertiary/aromatic N) is 3. The number of benzene rings is 2. The molecule has 12 nitrogen and oxygen atoms in total. The molecule has 0 bridgehead atoms. The minimum Gasteiger partial charge on any atom is -0.477 e. The third-order valence-corrected chi connectivity index (χ3v) is 8.98. The monoisotopic (exact) mass is 775 g/mol. The van der Waals surface area contributed by atoms with Crippen LogP contribution in [-0.2, 0) is 28.8 Å². The molecule has 1 saturated heterocycles. The lowest BCUT2D eigenvalue weighted by atomic mass is 10.0. The first-order valence-corrected chi connectivity index (χ1v) is 16.6. The largest absolute Gasteiger partial charge is 0.477 e. The lowest BCUT2D eigenvalue weighted by molar-refractivity contribution is -0.153. The van der Waals surface area contributed by atoms with Gasteiger partial charge in [0.25, 0.3) is 11.8 Å². The Kier molecular flexibility index (Phi) is 10.4. The number of carboxylic acids is 1. The predicted molar refractivity (Wildman–Crippen MR) is 175 cm³/mol. The highest BCUT2D eigenvalue weighted by Gasteiger charge is 2.54. The molecule has 1 fully saturated rings. The van der Waals surface area contributed by atoms with Crippen molar-refractivity contribution in [1.29, 1.82) is 0 Å². The number of fused-ring (bicyclic) bond motifs is 1. The molecule has 2 aromatic carbocycles. The highest BCUT2D eigenvalue weighted by atomic mass is 79.9. The molecule has 2 aliphatic rings. The van der Waals surface area contributed by atoms with E-state index in [2.05, 4.69) is 47.3 Å². The maximum Gasteiger partial charge on any atom is 0.352 e. The number of carboxylic acid groups (broad SMARTS) is 1. The number of nitrogens with one attached hydrogen (secondary N) is 1. The SMILES string of the molecule is Nc1nc(C(=NOCC(=O)OC(c2ccccc2)c2ccccc2)C(=O)NC2C(=O)N3C(C(=O)O)=C(C=C(Br)Br)CS[C@@H]23)cs1. The van der Waals surface area contributed by atoms with Crippen LogP contribution in [-0.4, -0.2) is 68.2 Å². The van der Waals surface area contributed by atoms with E-state index in [1.807, 2.05) is 60.7 Å². The molecular weight excluding hydrogens is 754 g/mol. The fourth-order valence-corrected chi connectivity index (χ4v) is 7.00. The van der Waals surface area contributed by atoms with Crippen LogP contribution in [0.15, 0.2) is 91.9 Å². The summed E-state index contributed by atoms with van der Waals surface area (Å²) >= 11 is 8.77. The summed E-state index contributed by atoms with van der Waals surface area (Å²) in [6.07, 6.45) is 0.860. The number of aromatic nitrogens is 1. The van der Waals surface area contributed by atoms with E-state index in [-0.39, 0.29) is 28.0 Å². The smallest absolute Gasteiger partial charge is 0.352 e. The number of hydrogen-bond acceptors (Lipinski definition) is 11. The number of aliphatic carboxylic acids is 1. The minimum absolute atomic E-state index is 0.0652. The molecule has 2 amide bonds. The second kappa shape index (κ2) is 14.4. The highest BCUT2D eigenvalue weighted by molar-refractivity contribution is 9.28. The summed E-state index contributed by atoms with van der Waals surface area (Å²) in [5, 5.41) is 17.2. The van der Waals surface area contributed by atoms with Gasteiger partial charge in [-0.25, -0.2) is 14.6 Å². The third-order valence-electron chi connectivity index (χ3n) is 6.54. The first-order chi connectivity index (χ1) is 21.6. The lowest BCUT2D eigenvalue weighted by Gasteiger charge is -2.49. The van der Waals surface area contributed by atoms with E-state index in [4.69, 9.17) is 15.3 Å². The van der Waals surface area contributed by atoms with Gasteiger partial charge in [0.1, 0.15) is 22.8 Å². The number of thiazole rings is 1. The van der Waals surface area contributed by atoms with Crippen molar-refractivity contribution in [2.24, 2.45) is 5.16 Å². The average Bonchev–Trinajstić information content (AvgIpc) is 3.46. The second-order valence-electron chi connectivity index (χ2n) is 9.45. The maximum atomic E-state index is 13.4. The molecule has 1 aromatic heterocycles. The number of allylic oxidation sites excluding steroid dienone is 1. The number of nitrogen functional groups attached to an aromatic ring is 1. The minimum atomic E-state index is -1.27. The van der Waals surface area contributed by atoms with Crippen molar-refractivity contribution < 1.29 is 33.9 Å². The van der Waals surface area contributed by atoms with Gasteiger partial charge in [0.15, 0.2) is 16.9 Å². The number of carbonyl (C=O) groups excluding carboxylic acids is 3. The van der Waals surface area contributed by atoms with E-state index in [1.165, 1.54) is 17.1 Å². The van der Waals surface area contributed by atoms with E-state index in [0.717, 1.165) is 27.4 Å². The van der Waals surface area contributed by atoms with E-state index in [9.17, 15) is 24.3 Å². The van der Waals surface area contributed by atoms with Crippen molar-refractivity contribution in [3.05, 3.63) is 104 Å². The predicted octanol–water partition coefficient (Wildman–Crippen LogP) is 4.15. The quantitative estimate of drug-likeness (QED) is 0.111. The van der Waals surface area contributed by atoms with Crippen LogP contribution in [0.5, 0.6) is 0 Å². The third kappa shape index (κ3) is 7.46. The van der Waals surface area contributed by atoms with Crippen LogP contribution >= 0.6 is 55.0 Å². The Bertz CT molecular complexity index is 1670. The number of halogens is 2. The summed E-state index contributed by atoms with van der Waals surface area (Å²) in [5.41, 5.74) is 7.26. The van der Waals surface area contributed by atoms with Gasteiger partial charge in [0, 0.05) is 11.1 Å². The van der Waals surface area contributed by atoms with Crippen LogP contribution in [0.25, 0.3) is 0 Å². The molecule has 45 heavy (non-hydrogen) atoms. The Balaban J connectivity index is 1.29. The van der Waals surface area contributed by atoms with Crippen molar-refractivity contribution >= 4 is 89.6 Å². The number of amides is 2. The molecule has 0 spiro atoms. The number of thioether (sulfide) groups is 1. The number of rotatable bonds is 11. The van der Waals surface area contributed by atoms with Gasteiger partial charge < -0.3 is 25.7 Å². The van der Waals surface area contributed by atoms with Crippen LogP contribution in [0.3, 0.4) is 0 Å². The van der Waals surface area contributed by atoms with Crippen molar-refractivity contribution in [3.8, 4) is 0 Å². The highest BCUT2D eigenvalue weighted by Crippen LogP contribution is 2.41. The van der Waals surface area contributed by atoms with Gasteiger partial charge in [0.05, 0.1) is 3.39 Å². The Morgan fingerprint density at radius 1 is 1.13 bits per heavy atom. The van der Waals surface area contributed by atoms with Crippen LogP contribution in [0.2, 0.25) is 0 Å². The molecule has 0 aliphatic carbocycles. The fourth-order valence-electron chi connectivity index (χ4n) is 4.60. The second-order valence-corrected chi connectivity index (χ2v) is 14.2. The van der Waals surface area contributed by atoms with Gasteiger partial charge in [-0.15, -0.1) is 23.1 Å². The zero-order chi connectivity index (χ0) is 32.1. The molecule has 232 valence electrons. The molecule has 1 unspecified atom stereocenters. The zero-order valence-electron chi connectivity index (χ0n) is 23.0. The molecule has 0 radical (unpaired) electrons. The number of β-lactam (4-membered cyclic amide) rings is 1. The number of hydrogen-bond donors (Lipinski definition) is 3.